The Hall–Kier alpha value is -2.94. The highest BCUT2D eigenvalue weighted by Gasteiger charge is 2.50. The molecular weight excluding hydrogens is 500 g/mol. The molecule has 2 aromatic carbocycles. The predicted octanol–water partition coefficient (Wildman–Crippen LogP) is 5.08. The van der Waals surface area contributed by atoms with Crippen LogP contribution in [0.25, 0.3) is 16.7 Å². The molecule has 1 aromatic heterocycles. The molecule has 0 fully saturated rings. The van der Waals surface area contributed by atoms with Gasteiger partial charge in [-0.3, -0.25) is 4.55 Å². The van der Waals surface area contributed by atoms with Crippen molar-refractivity contribution in [1.29, 1.82) is 0 Å². The van der Waals surface area contributed by atoms with Crippen LogP contribution in [0.4, 0.5) is 5.69 Å². The Balaban J connectivity index is 1.36. The first-order valence-corrected chi connectivity index (χ1v) is 15.2. The molecule has 0 amide bonds. The second-order valence-corrected chi connectivity index (χ2v) is 12.9. The molecule has 4 aliphatic rings. The monoisotopic (exact) mass is 533 g/mol. The van der Waals surface area contributed by atoms with Gasteiger partial charge in [-0.25, -0.2) is 0 Å². The van der Waals surface area contributed by atoms with E-state index in [-0.39, 0.29) is 23.4 Å². The van der Waals surface area contributed by atoms with Crippen molar-refractivity contribution in [3.63, 3.8) is 0 Å². The van der Waals surface area contributed by atoms with Crippen LogP contribution in [0, 0.1) is 6.92 Å². The number of para-hydroxylation sites is 1. The lowest BCUT2D eigenvalue weighted by molar-refractivity contribution is -0.683. The highest BCUT2D eigenvalue weighted by Crippen LogP contribution is 2.55. The Kier molecular flexibility index (Phi) is 5.42. The third-order valence-corrected chi connectivity index (χ3v) is 9.66. The average molecular weight is 534 g/mol. The number of anilines is 1. The van der Waals surface area contributed by atoms with Gasteiger partial charge in [-0.05, 0) is 62.4 Å². The lowest BCUT2D eigenvalue weighted by Gasteiger charge is -2.42. The summed E-state index contributed by atoms with van der Waals surface area (Å²) >= 11 is 0. The summed E-state index contributed by atoms with van der Waals surface area (Å²) in [4.78, 5) is 2.45. The van der Waals surface area contributed by atoms with Crippen LogP contribution in [0.15, 0.2) is 64.2 Å². The number of hydrogen-bond donors (Lipinski definition) is 1. The summed E-state index contributed by atoms with van der Waals surface area (Å²) in [5, 5.41) is 0. The van der Waals surface area contributed by atoms with Gasteiger partial charge in [-0.1, -0.05) is 30.7 Å². The first-order valence-electron chi connectivity index (χ1n) is 13.6. The Morgan fingerprint density at radius 1 is 1.13 bits per heavy atom. The van der Waals surface area contributed by atoms with E-state index in [1.165, 1.54) is 28.1 Å². The van der Waals surface area contributed by atoms with Gasteiger partial charge in [0.1, 0.15) is 0 Å². The zero-order chi connectivity index (χ0) is 26.2. The highest BCUT2D eigenvalue weighted by atomic mass is 32.2. The Bertz CT molecular complexity index is 1640. The number of oxazole rings is 1. The summed E-state index contributed by atoms with van der Waals surface area (Å²) in [5.74, 6) is 0.680. The van der Waals surface area contributed by atoms with Gasteiger partial charge in [-0.15, -0.1) is 0 Å². The number of unbranched alkanes of at least 4 members (excludes halogenated alkanes) is 1. The van der Waals surface area contributed by atoms with E-state index in [0.29, 0.717) is 12.8 Å². The van der Waals surface area contributed by atoms with Crippen LogP contribution >= 0.6 is 0 Å². The molecule has 0 radical (unpaired) electrons. The quantitative estimate of drug-likeness (QED) is 0.280. The molecule has 0 spiro atoms. The van der Waals surface area contributed by atoms with Gasteiger partial charge in [-0.2, -0.15) is 13.0 Å². The maximum Gasteiger partial charge on any atom is 0.380 e. The van der Waals surface area contributed by atoms with Gasteiger partial charge in [0.2, 0.25) is 5.58 Å². The van der Waals surface area contributed by atoms with Crippen molar-refractivity contribution >= 4 is 32.5 Å². The van der Waals surface area contributed by atoms with E-state index < -0.39 is 10.1 Å². The normalized spacial score (nSPS) is 26.0. The van der Waals surface area contributed by atoms with E-state index >= 15 is 0 Å². The molecule has 1 N–H and O–H groups in total. The number of allylic oxidation sites excluding steroid dienone is 1. The van der Waals surface area contributed by atoms with Crippen molar-refractivity contribution in [2.45, 2.75) is 70.1 Å². The molecule has 7 nitrogen and oxygen atoms in total. The van der Waals surface area contributed by atoms with Crippen molar-refractivity contribution in [2.24, 2.45) is 0 Å². The molecule has 38 heavy (non-hydrogen) atoms. The van der Waals surface area contributed by atoms with Gasteiger partial charge in [0, 0.05) is 41.4 Å². The first kappa shape index (κ1) is 24.1. The van der Waals surface area contributed by atoms with E-state index in [4.69, 9.17) is 9.15 Å². The smallest absolute Gasteiger partial charge is 0.380 e. The van der Waals surface area contributed by atoms with Crippen molar-refractivity contribution in [3.05, 3.63) is 76.8 Å². The van der Waals surface area contributed by atoms with Gasteiger partial charge < -0.3 is 14.1 Å². The number of nitrogens with zero attached hydrogens (tertiary/aromatic N) is 2. The molecular formula is C30H33N2O5S+. The molecule has 0 saturated heterocycles. The lowest BCUT2D eigenvalue weighted by Crippen LogP contribution is -2.48. The van der Waals surface area contributed by atoms with Gasteiger partial charge in [0.15, 0.2) is 6.54 Å². The average Bonchev–Trinajstić information content (AvgIpc) is 3.38. The molecule has 3 unspecified atom stereocenters. The molecule has 198 valence electrons. The standard InChI is InChI=1S/C30H32N2O5S/c1-19-9-10-24-27(17-19)37-29-21-18-20-25(36-26(21)12-15-32(24)29)11-14-31-23-8-4-3-7-22(23)30(2,28(20)31)13-5-6-16-38(33,34)35/h3-4,7-10,17-18,25-26H,5-6,11-16H2,1-2H3/p+1. The molecule has 4 aliphatic heterocycles. The van der Waals surface area contributed by atoms with Gasteiger partial charge >= 0.3 is 5.89 Å². The zero-order valence-corrected chi connectivity index (χ0v) is 22.6. The minimum Gasteiger partial charge on any atom is -0.398 e. The van der Waals surface area contributed by atoms with Crippen LogP contribution in [0.1, 0.15) is 56.0 Å². The highest BCUT2D eigenvalue weighted by molar-refractivity contribution is 7.85. The molecule has 8 heteroatoms. The van der Waals surface area contributed by atoms with E-state index in [0.717, 1.165) is 54.9 Å². The Morgan fingerprint density at radius 3 is 2.82 bits per heavy atom. The predicted molar refractivity (Wildman–Crippen MR) is 145 cm³/mol. The number of rotatable bonds is 5. The topological polar surface area (TPSA) is 83.9 Å². The molecule has 5 heterocycles. The molecule has 0 aliphatic carbocycles. The molecule has 7 rings (SSSR count). The summed E-state index contributed by atoms with van der Waals surface area (Å²) in [6, 6.07) is 14.9. The summed E-state index contributed by atoms with van der Waals surface area (Å²) < 4.78 is 47.5. The zero-order valence-electron chi connectivity index (χ0n) is 21.8. The largest absolute Gasteiger partial charge is 0.398 e. The number of aryl methyl sites for hydroxylation is 2. The van der Waals surface area contributed by atoms with E-state index in [2.05, 4.69) is 71.9 Å². The SMILES string of the molecule is Cc1ccc2c(c1)oc1[n+]2CCC2OC3CCN4C(=C3C=C12)C(C)(CCCCS(=O)(=O)O)c1ccccc14. The third kappa shape index (κ3) is 3.68. The maximum absolute atomic E-state index is 11.3. The maximum atomic E-state index is 11.3. The fourth-order valence-corrected chi connectivity index (χ4v) is 7.70. The Labute approximate surface area is 223 Å². The fraction of sp³-hybridized carbons (Fsp3) is 0.433. The van der Waals surface area contributed by atoms with Crippen LogP contribution in [0.5, 0.6) is 0 Å². The van der Waals surface area contributed by atoms with E-state index in [9.17, 15) is 13.0 Å². The van der Waals surface area contributed by atoms with E-state index in [1.54, 1.807) is 0 Å². The minimum absolute atomic E-state index is 0.0161. The number of fused-ring (bicyclic) bond motifs is 9. The van der Waals surface area contributed by atoms with Gasteiger partial charge in [0.25, 0.3) is 15.6 Å². The van der Waals surface area contributed by atoms with Crippen LogP contribution in [0.2, 0.25) is 0 Å². The van der Waals surface area contributed by atoms with Crippen LogP contribution in [-0.2, 0) is 26.8 Å². The summed E-state index contributed by atoms with van der Waals surface area (Å²) in [5.41, 5.74) is 8.99. The molecule has 0 bridgehead atoms. The molecule has 3 atom stereocenters. The summed E-state index contributed by atoms with van der Waals surface area (Å²) in [6.07, 6.45) is 6.14. The number of aromatic nitrogens is 1. The van der Waals surface area contributed by atoms with Crippen molar-refractivity contribution in [2.75, 3.05) is 17.2 Å². The number of benzene rings is 2. The lowest BCUT2D eigenvalue weighted by atomic mass is 9.74. The third-order valence-electron chi connectivity index (χ3n) is 8.85. The fourth-order valence-electron chi connectivity index (χ4n) is 7.13. The minimum atomic E-state index is -3.96. The molecule has 3 aromatic rings. The van der Waals surface area contributed by atoms with Crippen molar-refractivity contribution in [3.8, 4) is 0 Å². The van der Waals surface area contributed by atoms with Crippen LogP contribution in [-0.4, -0.2) is 37.5 Å². The first-order chi connectivity index (χ1) is 18.2. The van der Waals surface area contributed by atoms with Crippen LogP contribution < -0.4 is 9.47 Å². The van der Waals surface area contributed by atoms with Crippen LogP contribution in [0.3, 0.4) is 0 Å². The molecule has 0 saturated carbocycles. The summed E-state index contributed by atoms with van der Waals surface area (Å²) in [6.45, 7) is 6.12. The van der Waals surface area contributed by atoms with Crippen molar-refractivity contribution < 1.29 is 26.7 Å². The summed E-state index contributed by atoms with van der Waals surface area (Å²) in [7, 11) is -3.96. The number of ether oxygens (including phenoxy) is 1. The van der Waals surface area contributed by atoms with E-state index in [1.807, 2.05) is 0 Å². The second-order valence-electron chi connectivity index (χ2n) is 11.4. The second kappa shape index (κ2) is 8.53. The van der Waals surface area contributed by atoms with Gasteiger partial charge in [0.05, 0.1) is 23.5 Å². The number of hydrogen-bond acceptors (Lipinski definition) is 5. The Morgan fingerprint density at radius 2 is 1.97 bits per heavy atom. The van der Waals surface area contributed by atoms with Crippen molar-refractivity contribution in [1.82, 2.24) is 0 Å².